The van der Waals surface area contributed by atoms with E-state index in [2.05, 4.69) is 74.6 Å². The molecule has 1 aliphatic carbocycles. The highest BCUT2D eigenvalue weighted by atomic mass is 31.2. The number of hydrogen-bond donors (Lipinski definition) is 6. The molecular weight excluding hydrogens is 803 g/mol. The topological polar surface area (TPSA) is 210 Å². The molecule has 1 rings (SSSR count). The van der Waals surface area contributed by atoms with E-state index in [1.54, 1.807) is 0 Å². The zero-order chi connectivity index (χ0) is 45.0. The summed E-state index contributed by atoms with van der Waals surface area (Å²) in [5, 5.41) is 50.1. The summed E-state index contributed by atoms with van der Waals surface area (Å²) in [5.74, 6) is -1.16. The number of carbonyl (C=O) groups is 2. The number of hydrogen-bond acceptors (Lipinski definition) is 12. The Morgan fingerprint density at radius 2 is 0.885 bits per heavy atom. The van der Waals surface area contributed by atoms with E-state index in [1.807, 2.05) is 0 Å². The molecule has 8 atom stereocenters. The van der Waals surface area contributed by atoms with E-state index < -0.39 is 75.7 Å². The van der Waals surface area contributed by atoms with Crippen LogP contribution in [-0.2, 0) is 32.7 Å². The predicted octanol–water partition coefficient (Wildman–Crippen LogP) is 8.94. The molecular formula is C47H81O13P. The van der Waals surface area contributed by atoms with Gasteiger partial charge in [-0.15, -0.1) is 0 Å². The van der Waals surface area contributed by atoms with Crippen molar-refractivity contribution in [1.29, 1.82) is 0 Å². The molecule has 1 fully saturated rings. The molecule has 6 N–H and O–H groups in total. The van der Waals surface area contributed by atoms with Crippen LogP contribution in [-0.4, -0.2) is 98.3 Å². The van der Waals surface area contributed by atoms with E-state index >= 15 is 0 Å². The van der Waals surface area contributed by atoms with Crippen molar-refractivity contribution in [3.8, 4) is 0 Å². The van der Waals surface area contributed by atoms with E-state index in [4.69, 9.17) is 18.5 Å². The minimum absolute atomic E-state index is 0.0438. The SMILES string of the molecule is CCCCC/C=C\C/C=C\C/C=C\CCCCC(=O)O[C@H](COC(=O)CCCCCCCCC/C=C\C/C=C\CCCCC)COP(=O)(O)OC1C(O)C(O)C(O)[C@@H](O)C1O. The van der Waals surface area contributed by atoms with Crippen molar-refractivity contribution in [2.24, 2.45) is 0 Å². The number of carbonyl (C=O) groups excluding carboxylic acids is 2. The van der Waals surface area contributed by atoms with Crippen molar-refractivity contribution >= 4 is 19.8 Å². The third-order valence-corrected chi connectivity index (χ3v) is 11.3. The lowest BCUT2D eigenvalue weighted by molar-refractivity contribution is -0.220. The number of aliphatic hydroxyl groups excluding tert-OH is 5. The third kappa shape index (κ3) is 29.5. The van der Waals surface area contributed by atoms with Crippen LogP contribution in [0.5, 0.6) is 0 Å². The smallest absolute Gasteiger partial charge is 0.462 e. The molecule has 1 saturated carbocycles. The minimum Gasteiger partial charge on any atom is -0.462 e. The van der Waals surface area contributed by atoms with E-state index in [-0.39, 0.29) is 12.8 Å². The summed E-state index contributed by atoms with van der Waals surface area (Å²) in [7, 11) is -5.13. The van der Waals surface area contributed by atoms with Gasteiger partial charge >= 0.3 is 19.8 Å². The molecule has 0 aromatic carbocycles. The molecule has 0 aromatic heterocycles. The van der Waals surface area contributed by atoms with Crippen molar-refractivity contribution in [1.82, 2.24) is 0 Å². The standard InChI is InChI=1S/C47H81O13P/c1-3-5-7-9-11-13-15-17-19-20-22-23-25-27-29-31-33-35-40(48)57-37-39(38-58-61(55,56)60-47-45(53)43(51)42(50)44(52)46(47)54)59-41(49)36-34-32-30-28-26-24-21-18-16-14-12-10-8-6-4-2/h11-14,17-19,21,26,28,39,42-47,50-54H,3-10,15-16,20,22-25,27,29-38H2,1-2H3,(H,55,56)/b13-11-,14-12-,19-17-,21-18-,28-26-/t39-,42?,43-,44?,45?,46?,47?/m1/s1. The van der Waals surface area contributed by atoms with Crippen LogP contribution in [0.15, 0.2) is 60.8 Å². The van der Waals surface area contributed by atoms with Crippen LogP contribution in [0.25, 0.3) is 0 Å². The first-order valence-electron chi connectivity index (χ1n) is 23.1. The Morgan fingerprint density at radius 1 is 0.508 bits per heavy atom. The fourth-order valence-electron chi connectivity index (χ4n) is 6.56. The molecule has 0 radical (unpaired) electrons. The summed E-state index contributed by atoms with van der Waals surface area (Å²) in [5.41, 5.74) is 0. The van der Waals surface area contributed by atoms with Crippen molar-refractivity contribution in [2.75, 3.05) is 13.2 Å². The average molecular weight is 885 g/mol. The number of aliphatic hydroxyl groups is 5. The van der Waals surface area contributed by atoms with Gasteiger partial charge in [-0.25, -0.2) is 4.57 Å². The fraction of sp³-hybridized carbons (Fsp3) is 0.745. The van der Waals surface area contributed by atoms with Crippen molar-refractivity contribution in [3.05, 3.63) is 60.8 Å². The molecule has 6 unspecified atom stereocenters. The van der Waals surface area contributed by atoms with Gasteiger partial charge in [0.05, 0.1) is 6.61 Å². The van der Waals surface area contributed by atoms with Crippen LogP contribution in [0, 0.1) is 0 Å². The maximum absolute atomic E-state index is 12.8. The van der Waals surface area contributed by atoms with Crippen LogP contribution >= 0.6 is 7.82 Å². The molecule has 352 valence electrons. The van der Waals surface area contributed by atoms with Crippen LogP contribution in [0.3, 0.4) is 0 Å². The first-order valence-corrected chi connectivity index (χ1v) is 24.6. The lowest BCUT2D eigenvalue weighted by atomic mass is 9.85. The summed E-state index contributed by atoms with van der Waals surface area (Å²) >= 11 is 0. The Labute approximate surface area is 366 Å². The quantitative estimate of drug-likeness (QED) is 0.0149. The molecule has 0 aromatic rings. The number of phosphoric acid groups is 1. The third-order valence-electron chi connectivity index (χ3n) is 10.3. The van der Waals surface area contributed by atoms with Crippen molar-refractivity contribution in [3.63, 3.8) is 0 Å². The molecule has 0 aliphatic heterocycles. The highest BCUT2D eigenvalue weighted by Gasteiger charge is 2.51. The van der Waals surface area contributed by atoms with E-state index in [1.165, 1.54) is 38.5 Å². The number of phosphoric ester groups is 1. The monoisotopic (exact) mass is 885 g/mol. The molecule has 0 bridgehead atoms. The lowest BCUT2D eigenvalue weighted by Crippen LogP contribution is -2.64. The maximum Gasteiger partial charge on any atom is 0.472 e. The molecule has 14 heteroatoms. The Morgan fingerprint density at radius 3 is 1.38 bits per heavy atom. The highest BCUT2D eigenvalue weighted by Crippen LogP contribution is 2.47. The predicted molar refractivity (Wildman–Crippen MR) is 239 cm³/mol. The van der Waals surface area contributed by atoms with E-state index in [0.717, 1.165) is 89.9 Å². The summed E-state index contributed by atoms with van der Waals surface area (Å²) in [6.45, 7) is 3.20. The molecule has 13 nitrogen and oxygen atoms in total. The fourth-order valence-corrected chi connectivity index (χ4v) is 7.53. The maximum atomic E-state index is 12.8. The van der Waals surface area contributed by atoms with Crippen molar-refractivity contribution in [2.45, 2.75) is 211 Å². The largest absolute Gasteiger partial charge is 0.472 e. The number of esters is 2. The Bertz CT molecular complexity index is 1300. The van der Waals surface area contributed by atoms with Gasteiger partial charge in [-0.3, -0.25) is 18.6 Å². The average Bonchev–Trinajstić information content (AvgIpc) is 3.24. The van der Waals surface area contributed by atoms with Gasteiger partial charge in [-0.05, 0) is 83.5 Å². The summed E-state index contributed by atoms with van der Waals surface area (Å²) in [4.78, 5) is 35.7. The van der Waals surface area contributed by atoms with Gasteiger partial charge in [0, 0.05) is 12.8 Å². The van der Waals surface area contributed by atoms with Gasteiger partial charge in [0.15, 0.2) is 6.10 Å². The second kappa shape index (κ2) is 37.0. The number of ether oxygens (including phenoxy) is 2. The van der Waals surface area contributed by atoms with Crippen molar-refractivity contribution < 1.29 is 63.1 Å². The zero-order valence-corrected chi connectivity index (χ0v) is 38.1. The van der Waals surface area contributed by atoms with Gasteiger partial charge in [0.25, 0.3) is 0 Å². The Hall–Kier alpha value is -2.45. The van der Waals surface area contributed by atoms with Crippen LogP contribution in [0.4, 0.5) is 0 Å². The summed E-state index contributed by atoms with van der Waals surface area (Å²) in [6, 6.07) is 0. The Kier molecular flexibility index (Phi) is 34.3. The van der Waals surface area contributed by atoms with Crippen LogP contribution in [0.1, 0.15) is 168 Å². The highest BCUT2D eigenvalue weighted by molar-refractivity contribution is 7.47. The molecule has 0 amide bonds. The van der Waals surface area contributed by atoms with Gasteiger partial charge in [-0.2, -0.15) is 0 Å². The van der Waals surface area contributed by atoms with Gasteiger partial charge in [0.2, 0.25) is 0 Å². The number of allylic oxidation sites excluding steroid dienone is 10. The molecule has 61 heavy (non-hydrogen) atoms. The van der Waals surface area contributed by atoms with Gasteiger partial charge in [0.1, 0.15) is 43.2 Å². The first-order chi connectivity index (χ1) is 29.4. The molecule has 1 aliphatic rings. The number of unbranched alkanes of at least 4 members (excludes halogenated alkanes) is 15. The summed E-state index contributed by atoms with van der Waals surface area (Å²) < 4.78 is 33.5. The molecule has 0 saturated heterocycles. The van der Waals surface area contributed by atoms with E-state index in [0.29, 0.717) is 12.8 Å². The minimum atomic E-state index is -5.13. The van der Waals surface area contributed by atoms with Crippen LogP contribution < -0.4 is 0 Å². The van der Waals surface area contributed by atoms with Gasteiger partial charge in [-0.1, -0.05) is 132 Å². The van der Waals surface area contributed by atoms with Crippen LogP contribution in [0.2, 0.25) is 0 Å². The Balaban J connectivity index is 2.50. The summed E-state index contributed by atoms with van der Waals surface area (Å²) in [6.07, 6.45) is 31.3. The zero-order valence-electron chi connectivity index (χ0n) is 37.2. The normalized spacial score (nSPS) is 22.6. The number of rotatable bonds is 37. The lowest BCUT2D eigenvalue weighted by Gasteiger charge is -2.41. The van der Waals surface area contributed by atoms with Gasteiger partial charge < -0.3 is 39.9 Å². The van der Waals surface area contributed by atoms with E-state index in [9.17, 15) is 44.6 Å². The second-order valence-electron chi connectivity index (χ2n) is 15.9. The first kappa shape index (κ1) is 56.6. The second-order valence-corrected chi connectivity index (χ2v) is 17.3. The molecule has 0 heterocycles. The molecule has 0 spiro atoms.